The lowest BCUT2D eigenvalue weighted by Crippen LogP contribution is -2.14. The van der Waals surface area contributed by atoms with Crippen molar-refractivity contribution in [1.82, 2.24) is 0 Å². The maximum absolute atomic E-state index is 13.8. The summed E-state index contributed by atoms with van der Waals surface area (Å²) in [6.07, 6.45) is 0.645. The van der Waals surface area contributed by atoms with E-state index in [1.807, 2.05) is 6.92 Å². The highest BCUT2D eigenvalue weighted by atomic mass is 35.5. The summed E-state index contributed by atoms with van der Waals surface area (Å²) in [5.74, 6) is -2.71. The van der Waals surface area contributed by atoms with E-state index in [9.17, 15) is 14.0 Å². The first-order chi connectivity index (χ1) is 9.93. The summed E-state index contributed by atoms with van der Waals surface area (Å²) in [6.45, 7) is 1.87. The van der Waals surface area contributed by atoms with Crippen molar-refractivity contribution in [1.29, 1.82) is 0 Å². The van der Waals surface area contributed by atoms with Gasteiger partial charge in [-0.1, -0.05) is 24.6 Å². The highest BCUT2D eigenvalue weighted by Gasteiger charge is 2.20. The van der Waals surface area contributed by atoms with Gasteiger partial charge in [0.1, 0.15) is 5.00 Å². The standard InChI is InChI=1S/C14H11ClFNO3S/c1-2-7-6-9(14(19)20)13(21-7)17-12(18)8-4-3-5-10(15)11(8)16/h3-6H,2H2,1H3,(H,17,18)(H,19,20). The number of nitrogens with one attached hydrogen (secondary N) is 1. The molecular formula is C14H11ClFNO3S. The molecule has 0 radical (unpaired) electrons. The molecular weight excluding hydrogens is 317 g/mol. The van der Waals surface area contributed by atoms with Gasteiger partial charge in [-0.25, -0.2) is 9.18 Å². The van der Waals surface area contributed by atoms with Gasteiger partial charge in [-0.3, -0.25) is 4.79 Å². The van der Waals surface area contributed by atoms with Crippen molar-refractivity contribution in [3.63, 3.8) is 0 Å². The number of carbonyl (C=O) groups excluding carboxylic acids is 1. The second-order valence-corrected chi connectivity index (χ2v) is 5.71. The number of anilines is 1. The van der Waals surface area contributed by atoms with Gasteiger partial charge in [0.25, 0.3) is 5.91 Å². The molecule has 0 atom stereocenters. The first kappa shape index (κ1) is 15.5. The third-order valence-corrected chi connectivity index (χ3v) is 4.27. The zero-order valence-corrected chi connectivity index (χ0v) is 12.5. The zero-order chi connectivity index (χ0) is 15.6. The molecule has 7 heteroatoms. The Morgan fingerprint density at radius 1 is 1.38 bits per heavy atom. The Balaban J connectivity index is 2.33. The largest absolute Gasteiger partial charge is 0.478 e. The number of amides is 1. The summed E-state index contributed by atoms with van der Waals surface area (Å²) in [6, 6.07) is 5.56. The average Bonchev–Trinajstić information content (AvgIpc) is 2.85. The van der Waals surface area contributed by atoms with Gasteiger partial charge in [0.15, 0.2) is 5.82 Å². The van der Waals surface area contributed by atoms with Gasteiger partial charge >= 0.3 is 5.97 Å². The third kappa shape index (κ3) is 3.22. The predicted molar refractivity (Wildman–Crippen MR) is 80.0 cm³/mol. The van der Waals surface area contributed by atoms with E-state index in [1.165, 1.54) is 24.3 Å². The molecule has 1 amide bonds. The number of halogens is 2. The first-order valence-electron chi connectivity index (χ1n) is 6.05. The molecule has 0 saturated carbocycles. The van der Waals surface area contributed by atoms with Gasteiger partial charge in [-0.2, -0.15) is 0 Å². The number of thiophene rings is 1. The van der Waals surface area contributed by atoms with E-state index >= 15 is 0 Å². The Morgan fingerprint density at radius 2 is 2.10 bits per heavy atom. The maximum atomic E-state index is 13.8. The molecule has 0 aliphatic rings. The van der Waals surface area contributed by atoms with Crippen LogP contribution >= 0.6 is 22.9 Å². The number of hydrogen-bond acceptors (Lipinski definition) is 3. The highest BCUT2D eigenvalue weighted by molar-refractivity contribution is 7.16. The molecule has 0 fully saturated rings. The Morgan fingerprint density at radius 3 is 2.71 bits per heavy atom. The summed E-state index contributed by atoms with van der Waals surface area (Å²) < 4.78 is 13.8. The Hall–Kier alpha value is -1.92. The Bertz CT molecular complexity index is 714. The fourth-order valence-corrected chi connectivity index (χ4v) is 2.88. The molecule has 1 aromatic heterocycles. The molecule has 2 rings (SSSR count). The van der Waals surface area contributed by atoms with E-state index in [4.69, 9.17) is 16.7 Å². The Labute approximate surface area is 129 Å². The third-order valence-electron chi connectivity index (χ3n) is 2.79. The van der Waals surface area contributed by atoms with Gasteiger partial charge in [-0.15, -0.1) is 11.3 Å². The van der Waals surface area contributed by atoms with Crippen molar-refractivity contribution in [2.45, 2.75) is 13.3 Å². The van der Waals surface area contributed by atoms with Gasteiger partial charge in [-0.05, 0) is 24.6 Å². The van der Waals surface area contributed by atoms with Crippen LogP contribution in [-0.2, 0) is 6.42 Å². The molecule has 2 aromatic rings. The fourth-order valence-electron chi connectivity index (χ4n) is 1.72. The summed E-state index contributed by atoms with van der Waals surface area (Å²) >= 11 is 6.78. The van der Waals surface area contributed by atoms with E-state index in [-0.39, 0.29) is 21.2 Å². The number of rotatable bonds is 4. The molecule has 0 bridgehead atoms. The van der Waals surface area contributed by atoms with Crippen molar-refractivity contribution in [2.75, 3.05) is 5.32 Å². The quantitative estimate of drug-likeness (QED) is 0.890. The SMILES string of the molecule is CCc1cc(C(=O)O)c(NC(=O)c2cccc(Cl)c2F)s1. The zero-order valence-electron chi connectivity index (χ0n) is 10.9. The summed E-state index contributed by atoms with van der Waals surface area (Å²) in [4.78, 5) is 24.0. The van der Waals surface area contributed by atoms with E-state index in [0.717, 1.165) is 16.2 Å². The van der Waals surface area contributed by atoms with Gasteiger partial charge in [0.05, 0.1) is 16.1 Å². The van der Waals surface area contributed by atoms with E-state index < -0.39 is 17.7 Å². The minimum Gasteiger partial charge on any atom is -0.478 e. The number of aryl methyl sites for hydroxylation is 1. The molecule has 4 nitrogen and oxygen atoms in total. The highest BCUT2D eigenvalue weighted by Crippen LogP contribution is 2.29. The van der Waals surface area contributed by atoms with Gasteiger partial charge in [0.2, 0.25) is 0 Å². The smallest absolute Gasteiger partial charge is 0.338 e. The lowest BCUT2D eigenvalue weighted by Gasteiger charge is -2.06. The molecule has 0 saturated heterocycles. The van der Waals surface area contributed by atoms with Crippen molar-refractivity contribution in [3.05, 3.63) is 51.1 Å². The van der Waals surface area contributed by atoms with Crippen LogP contribution in [0.2, 0.25) is 5.02 Å². The van der Waals surface area contributed by atoms with Crippen LogP contribution in [0.25, 0.3) is 0 Å². The minimum absolute atomic E-state index is 0.00682. The molecule has 1 aromatic carbocycles. The number of benzene rings is 1. The summed E-state index contributed by atoms with van der Waals surface area (Å²) in [5.41, 5.74) is -0.238. The number of carbonyl (C=O) groups is 2. The van der Waals surface area contributed by atoms with Crippen LogP contribution in [0, 0.1) is 5.82 Å². The lowest BCUT2D eigenvalue weighted by molar-refractivity contribution is 0.0698. The van der Waals surface area contributed by atoms with Crippen LogP contribution < -0.4 is 5.32 Å². The molecule has 21 heavy (non-hydrogen) atoms. The predicted octanol–water partition coefficient (Wildman–Crippen LogP) is 4.05. The van der Waals surface area contributed by atoms with E-state index in [0.29, 0.717) is 6.42 Å². The number of carboxylic acid groups (broad SMARTS) is 1. The van der Waals surface area contributed by atoms with E-state index in [1.54, 1.807) is 0 Å². The molecule has 2 N–H and O–H groups in total. The van der Waals surface area contributed by atoms with Crippen molar-refractivity contribution in [3.8, 4) is 0 Å². The molecule has 0 unspecified atom stereocenters. The topological polar surface area (TPSA) is 66.4 Å². The second-order valence-electron chi connectivity index (χ2n) is 4.17. The molecule has 1 heterocycles. The molecule has 0 aliphatic heterocycles. The Kier molecular flexibility index (Phi) is 4.59. The second kappa shape index (κ2) is 6.24. The van der Waals surface area contributed by atoms with Crippen LogP contribution in [0.1, 0.15) is 32.5 Å². The van der Waals surface area contributed by atoms with E-state index in [2.05, 4.69) is 5.32 Å². The summed E-state index contributed by atoms with van der Waals surface area (Å²) in [5, 5.41) is 11.6. The fraction of sp³-hybridized carbons (Fsp3) is 0.143. The van der Waals surface area contributed by atoms with Crippen molar-refractivity contribution in [2.24, 2.45) is 0 Å². The van der Waals surface area contributed by atoms with Crippen LogP contribution in [0.15, 0.2) is 24.3 Å². The van der Waals surface area contributed by atoms with Crippen LogP contribution in [0.5, 0.6) is 0 Å². The van der Waals surface area contributed by atoms with Gasteiger partial charge < -0.3 is 10.4 Å². The lowest BCUT2D eigenvalue weighted by atomic mass is 10.2. The minimum atomic E-state index is -1.15. The molecule has 0 aliphatic carbocycles. The number of hydrogen-bond donors (Lipinski definition) is 2. The van der Waals surface area contributed by atoms with Crippen LogP contribution in [0.4, 0.5) is 9.39 Å². The van der Waals surface area contributed by atoms with Crippen LogP contribution in [-0.4, -0.2) is 17.0 Å². The monoisotopic (exact) mass is 327 g/mol. The molecule has 0 spiro atoms. The molecule has 110 valence electrons. The number of aromatic carboxylic acids is 1. The van der Waals surface area contributed by atoms with Crippen LogP contribution in [0.3, 0.4) is 0 Å². The maximum Gasteiger partial charge on any atom is 0.338 e. The first-order valence-corrected chi connectivity index (χ1v) is 7.24. The average molecular weight is 328 g/mol. The van der Waals surface area contributed by atoms with Gasteiger partial charge in [0, 0.05) is 4.88 Å². The normalized spacial score (nSPS) is 10.4. The van der Waals surface area contributed by atoms with Crippen molar-refractivity contribution < 1.29 is 19.1 Å². The summed E-state index contributed by atoms with van der Waals surface area (Å²) in [7, 11) is 0. The van der Waals surface area contributed by atoms with Crippen molar-refractivity contribution >= 4 is 39.8 Å². The number of carboxylic acids is 1.